The first-order valence-electron chi connectivity index (χ1n) is 5.77. The second-order valence-electron chi connectivity index (χ2n) is 3.90. The van der Waals surface area contributed by atoms with Crippen molar-refractivity contribution >= 4 is 29.0 Å². The molecule has 0 aliphatic heterocycles. The van der Waals surface area contributed by atoms with Crippen LogP contribution in [-0.2, 0) is 4.79 Å². The first-order chi connectivity index (χ1) is 9.56. The molecule has 20 heavy (non-hydrogen) atoms. The van der Waals surface area contributed by atoms with E-state index in [0.29, 0.717) is 22.9 Å². The summed E-state index contributed by atoms with van der Waals surface area (Å²) in [5, 5.41) is 7.98. The standard InChI is InChI=1S/C13H13N5O2/c1-8(19)20-11-5-3-2-4-9(11)17-18-10-6-7-12(14)16-13(10)15/h2-7H,1H3,(H4,14,15,16)/b18-17+. The molecule has 0 saturated heterocycles. The number of nitrogen functional groups attached to an aromatic ring is 2. The summed E-state index contributed by atoms with van der Waals surface area (Å²) in [6.45, 7) is 1.32. The Morgan fingerprint density at radius 2 is 1.80 bits per heavy atom. The lowest BCUT2D eigenvalue weighted by Crippen LogP contribution is -2.01. The Labute approximate surface area is 115 Å². The van der Waals surface area contributed by atoms with Gasteiger partial charge in [-0.15, -0.1) is 10.2 Å². The molecule has 0 saturated carbocycles. The maximum absolute atomic E-state index is 11.0. The van der Waals surface area contributed by atoms with Crippen molar-refractivity contribution in [1.29, 1.82) is 0 Å². The van der Waals surface area contributed by atoms with E-state index in [1.54, 1.807) is 36.4 Å². The number of pyridine rings is 1. The van der Waals surface area contributed by atoms with Crippen LogP contribution in [0.25, 0.3) is 0 Å². The van der Waals surface area contributed by atoms with Gasteiger partial charge in [-0.3, -0.25) is 4.79 Å². The number of azo groups is 1. The molecule has 1 aromatic heterocycles. The van der Waals surface area contributed by atoms with E-state index in [1.807, 2.05) is 0 Å². The zero-order chi connectivity index (χ0) is 14.5. The molecule has 0 unspecified atom stereocenters. The molecular formula is C13H13N5O2. The van der Waals surface area contributed by atoms with E-state index in [1.165, 1.54) is 6.92 Å². The number of aromatic nitrogens is 1. The fourth-order valence-electron chi connectivity index (χ4n) is 1.46. The fourth-order valence-corrected chi connectivity index (χ4v) is 1.46. The quantitative estimate of drug-likeness (QED) is 0.505. The van der Waals surface area contributed by atoms with Crippen LogP contribution < -0.4 is 16.2 Å². The van der Waals surface area contributed by atoms with Crippen molar-refractivity contribution in [3.05, 3.63) is 36.4 Å². The molecule has 0 bridgehead atoms. The smallest absolute Gasteiger partial charge is 0.308 e. The minimum Gasteiger partial charge on any atom is -0.424 e. The number of hydrogen-bond acceptors (Lipinski definition) is 7. The molecule has 7 nitrogen and oxygen atoms in total. The highest BCUT2D eigenvalue weighted by Crippen LogP contribution is 2.30. The SMILES string of the molecule is CC(=O)Oc1ccccc1/N=N/c1ccc(N)nc1N. The van der Waals surface area contributed by atoms with Gasteiger partial charge in [0.2, 0.25) is 0 Å². The van der Waals surface area contributed by atoms with Crippen molar-refractivity contribution in [3.63, 3.8) is 0 Å². The summed E-state index contributed by atoms with van der Waals surface area (Å²) in [6, 6.07) is 9.96. The third-order valence-corrected chi connectivity index (χ3v) is 2.31. The van der Waals surface area contributed by atoms with Gasteiger partial charge in [-0.1, -0.05) is 12.1 Å². The number of para-hydroxylation sites is 1. The molecule has 4 N–H and O–H groups in total. The summed E-state index contributed by atoms with van der Waals surface area (Å²) in [5.74, 6) is 0.382. The first kappa shape index (κ1) is 13.5. The molecule has 2 rings (SSSR count). The van der Waals surface area contributed by atoms with Crippen LogP contribution in [0.4, 0.5) is 23.0 Å². The van der Waals surface area contributed by atoms with Crippen molar-refractivity contribution in [2.45, 2.75) is 6.92 Å². The first-order valence-corrected chi connectivity index (χ1v) is 5.77. The number of rotatable bonds is 3. The van der Waals surface area contributed by atoms with Crippen LogP contribution in [0.3, 0.4) is 0 Å². The van der Waals surface area contributed by atoms with E-state index < -0.39 is 5.97 Å². The maximum Gasteiger partial charge on any atom is 0.308 e. The van der Waals surface area contributed by atoms with E-state index >= 15 is 0 Å². The summed E-state index contributed by atoms with van der Waals surface area (Å²) >= 11 is 0. The topological polar surface area (TPSA) is 116 Å². The Morgan fingerprint density at radius 1 is 1.10 bits per heavy atom. The summed E-state index contributed by atoms with van der Waals surface area (Å²) in [5.41, 5.74) is 12.0. The van der Waals surface area contributed by atoms with E-state index in [9.17, 15) is 4.79 Å². The molecule has 0 amide bonds. The van der Waals surface area contributed by atoms with Crippen molar-refractivity contribution in [2.75, 3.05) is 11.5 Å². The highest BCUT2D eigenvalue weighted by molar-refractivity contribution is 5.71. The van der Waals surface area contributed by atoms with E-state index in [-0.39, 0.29) is 5.82 Å². The van der Waals surface area contributed by atoms with Crippen LogP contribution in [0.1, 0.15) is 6.92 Å². The molecule has 2 aromatic rings. The molecule has 0 fully saturated rings. The van der Waals surface area contributed by atoms with Gasteiger partial charge in [-0.05, 0) is 24.3 Å². The summed E-state index contributed by atoms with van der Waals surface area (Å²) in [4.78, 5) is 14.9. The van der Waals surface area contributed by atoms with Gasteiger partial charge in [0.15, 0.2) is 11.6 Å². The normalized spacial score (nSPS) is 10.7. The molecule has 0 spiro atoms. The molecule has 1 aromatic carbocycles. The number of carbonyl (C=O) groups excluding carboxylic acids is 1. The lowest BCUT2D eigenvalue weighted by Gasteiger charge is -2.03. The number of benzene rings is 1. The lowest BCUT2D eigenvalue weighted by molar-refractivity contribution is -0.131. The number of carbonyl (C=O) groups is 1. The lowest BCUT2D eigenvalue weighted by atomic mass is 10.3. The van der Waals surface area contributed by atoms with Gasteiger partial charge >= 0.3 is 5.97 Å². The number of esters is 1. The fraction of sp³-hybridized carbons (Fsp3) is 0.0769. The van der Waals surface area contributed by atoms with Crippen LogP contribution in [-0.4, -0.2) is 11.0 Å². The highest BCUT2D eigenvalue weighted by atomic mass is 16.5. The van der Waals surface area contributed by atoms with Gasteiger partial charge in [0, 0.05) is 6.92 Å². The average molecular weight is 271 g/mol. The molecular weight excluding hydrogens is 258 g/mol. The Morgan fingerprint density at radius 3 is 2.50 bits per heavy atom. The van der Waals surface area contributed by atoms with Gasteiger partial charge in [-0.25, -0.2) is 4.98 Å². The van der Waals surface area contributed by atoms with Gasteiger partial charge in [0.05, 0.1) is 0 Å². The van der Waals surface area contributed by atoms with Gasteiger partial charge in [0.25, 0.3) is 0 Å². The van der Waals surface area contributed by atoms with Crippen LogP contribution in [0, 0.1) is 0 Å². The van der Waals surface area contributed by atoms with Gasteiger partial charge in [0.1, 0.15) is 17.2 Å². The van der Waals surface area contributed by atoms with Crippen LogP contribution in [0.5, 0.6) is 5.75 Å². The molecule has 7 heteroatoms. The number of anilines is 2. The third-order valence-electron chi connectivity index (χ3n) is 2.31. The maximum atomic E-state index is 11.0. The number of nitrogens with two attached hydrogens (primary N) is 2. The molecule has 0 aliphatic rings. The Kier molecular flexibility index (Phi) is 3.90. The minimum absolute atomic E-state index is 0.179. The molecule has 1 heterocycles. The van der Waals surface area contributed by atoms with Crippen LogP contribution in [0.15, 0.2) is 46.6 Å². The van der Waals surface area contributed by atoms with E-state index in [4.69, 9.17) is 16.2 Å². The summed E-state index contributed by atoms with van der Waals surface area (Å²) in [6.07, 6.45) is 0. The summed E-state index contributed by atoms with van der Waals surface area (Å²) in [7, 11) is 0. The van der Waals surface area contributed by atoms with Gasteiger partial charge in [-0.2, -0.15) is 0 Å². The monoisotopic (exact) mass is 271 g/mol. The Hall–Kier alpha value is -2.96. The van der Waals surface area contributed by atoms with Crippen molar-refractivity contribution < 1.29 is 9.53 Å². The van der Waals surface area contributed by atoms with Crippen LogP contribution >= 0.6 is 0 Å². The van der Waals surface area contributed by atoms with Crippen molar-refractivity contribution in [1.82, 2.24) is 4.98 Å². The third kappa shape index (κ3) is 3.29. The Bertz CT molecular complexity index is 670. The molecule has 102 valence electrons. The highest BCUT2D eigenvalue weighted by Gasteiger charge is 2.05. The predicted molar refractivity (Wildman–Crippen MR) is 75.0 cm³/mol. The van der Waals surface area contributed by atoms with Gasteiger partial charge < -0.3 is 16.2 Å². The molecule has 0 aliphatic carbocycles. The Balaban J connectivity index is 2.29. The number of hydrogen-bond donors (Lipinski definition) is 2. The average Bonchev–Trinajstić information content (AvgIpc) is 2.39. The number of nitrogens with zero attached hydrogens (tertiary/aromatic N) is 3. The van der Waals surface area contributed by atoms with Crippen molar-refractivity contribution in [3.8, 4) is 5.75 Å². The molecule has 0 atom stereocenters. The largest absolute Gasteiger partial charge is 0.424 e. The summed E-state index contributed by atoms with van der Waals surface area (Å²) < 4.78 is 5.02. The molecule has 0 radical (unpaired) electrons. The second kappa shape index (κ2) is 5.79. The van der Waals surface area contributed by atoms with E-state index in [2.05, 4.69) is 15.2 Å². The second-order valence-corrected chi connectivity index (χ2v) is 3.90. The predicted octanol–water partition coefficient (Wildman–Crippen LogP) is 2.59. The zero-order valence-electron chi connectivity index (χ0n) is 10.8. The van der Waals surface area contributed by atoms with Crippen molar-refractivity contribution in [2.24, 2.45) is 10.2 Å². The zero-order valence-corrected chi connectivity index (χ0v) is 10.8. The van der Waals surface area contributed by atoms with E-state index in [0.717, 1.165) is 0 Å². The van der Waals surface area contributed by atoms with Crippen LogP contribution in [0.2, 0.25) is 0 Å². The minimum atomic E-state index is -0.429. The number of ether oxygens (including phenoxy) is 1.